The molecular weight excluding hydrogens is 324 g/mol. The minimum absolute atomic E-state index is 0.150. The van der Waals surface area contributed by atoms with Gasteiger partial charge in [-0.1, -0.05) is 0 Å². The van der Waals surface area contributed by atoms with E-state index >= 15 is 0 Å². The maximum absolute atomic E-state index is 10.5. The summed E-state index contributed by atoms with van der Waals surface area (Å²) < 4.78 is 17.2. The van der Waals surface area contributed by atoms with E-state index in [1.165, 1.54) is 6.26 Å². The van der Waals surface area contributed by atoms with Crippen molar-refractivity contribution in [3.63, 3.8) is 0 Å². The van der Waals surface area contributed by atoms with Crippen LogP contribution in [0.2, 0.25) is 0 Å². The predicted octanol–water partition coefficient (Wildman–Crippen LogP) is 3.46. The topological polar surface area (TPSA) is 51.8 Å². The van der Waals surface area contributed by atoms with Gasteiger partial charge in [0.1, 0.15) is 23.7 Å². The Morgan fingerprint density at radius 2 is 2.25 bits per heavy atom. The molecule has 0 saturated heterocycles. The average molecular weight is 339 g/mol. The fourth-order valence-electron chi connectivity index (χ4n) is 2.49. The zero-order valence-electron chi connectivity index (χ0n) is 11.2. The highest BCUT2D eigenvalue weighted by Crippen LogP contribution is 2.40. The number of furan rings is 1. The first-order valence-electron chi connectivity index (χ1n) is 6.38. The summed E-state index contributed by atoms with van der Waals surface area (Å²) in [6.45, 7) is 2.02. The number of fused-ring (bicyclic) bond motifs is 1. The van der Waals surface area contributed by atoms with Crippen LogP contribution in [0.3, 0.4) is 0 Å². The number of benzene rings is 1. The van der Waals surface area contributed by atoms with Crippen molar-refractivity contribution < 1.29 is 19.0 Å². The second-order valence-electron chi connectivity index (χ2n) is 4.87. The zero-order chi connectivity index (χ0) is 14.3. The molecule has 2 heterocycles. The number of aliphatic hydroxyl groups is 1. The SMILES string of the molecule is COc1cc2c(cc1C(O)c1occc1Br)OC(C)C2. The lowest BCUT2D eigenvalue weighted by atomic mass is 10.0. The minimum atomic E-state index is -0.904. The summed E-state index contributed by atoms with van der Waals surface area (Å²) in [7, 11) is 1.59. The molecule has 1 aliphatic heterocycles. The number of hydrogen-bond acceptors (Lipinski definition) is 4. The Kier molecular flexibility index (Phi) is 3.48. The number of ether oxygens (including phenoxy) is 2. The van der Waals surface area contributed by atoms with Gasteiger partial charge in [0.25, 0.3) is 0 Å². The van der Waals surface area contributed by atoms with Crippen molar-refractivity contribution in [3.05, 3.63) is 45.8 Å². The Morgan fingerprint density at radius 3 is 2.90 bits per heavy atom. The van der Waals surface area contributed by atoms with E-state index in [1.54, 1.807) is 13.2 Å². The lowest BCUT2D eigenvalue weighted by molar-refractivity contribution is 0.183. The zero-order valence-corrected chi connectivity index (χ0v) is 12.8. The maximum atomic E-state index is 10.5. The molecule has 106 valence electrons. The molecule has 1 aromatic carbocycles. The van der Waals surface area contributed by atoms with Gasteiger partial charge in [-0.05, 0) is 41.1 Å². The monoisotopic (exact) mass is 338 g/mol. The number of methoxy groups -OCH3 is 1. The molecule has 0 spiro atoms. The van der Waals surface area contributed by atoms with Crippen molar-refractivity contribution in [2.24, 2.45) is 0 Å². The van der Waals surface area contributed by atoms with Crippen molar-refractivity contribution >= 4 is 15.9 Å². The molecule has 4 nitrogen and oxygen atoms in total. The summed E-state index contributed by atoms with van der Waals surface area (Å²) in [5, 5.41) is 10.5. The van der Waals surface area contributed by atoms with E-state index in [1.807, 2.05) is 19.1 Å². The Balaban J connectivity index is 2.05. The van der Waals surface area contributed by atoms with Crippen LogP contribution in [0.5, 0.6) is 11.5 Å². The second kappa shape index (κ2) is 5.14. The van der Waals surface area contributed by atoms with Crippen molar-refractivity contribution in [1.82, 2.24) is 0 Å². The van der Waals surface area contributed by atoms with E-state index in [0.29, 0.717) is 17.1 Å². The fraction of sp³-hybridized carbons (Fsp3) is 0.333. The van der Waals surface area contributed by atoms with E-state index in [4.69, 9.17) is 13.9 Å². The number of hydrogen-bond donors (Lipinski definition) is 1. The Morgan fingerprint density at radius 1 is 1.45 bits per heavy atom. The third-order valence-corrected chi connectivity index (χ3v) is 4.09. The van der Waals surface area contributed by atoms with Gasteiger partial charge in [-0.2, -0.15) is 0 Å². The molecule has 0 amide bonds. The van der Waals surface area contributed by atoms with Gasteiger partial charge in [-0.3, -0.25) is 0 Å². The first-order chi connectivity index (χ1) is 9.60. The molecule has 3 rings (SSSR count). The van der Waals surface area contributed by atoms with Crippen LogP contribution in [0.4, 0.5) is 0 Å². The van der Waals surface area contributed by atoms with Crippen LogP contribution in [0, 0.1) is 0 Å². The lowest BCUT2D eigenvalue weighted by Crippen LogP contribution is -2.05. The van der Waals surface area contributed by atoms with Crippen LogP contribution < -0.4 is 9.47 Å². The smallest absolute Gasteiger partial charge is 0.151 e. The Bertz CT molecular complexity index is 635. The normalized spacial score (nSPS) is 18.5. The molecule has 2 aromatic rings. The van der Waals surface area contributed by atoms with E-state index in [9.17, 15) is 5.11 Å². The van der Waals surface area contributed by atoms with Crippen LogP contribution in [-0.4, -0.2) is 18.3 Å². The minimum Gasteiger partial charge on any atom is -0.496 e. The second-order valence-corrected chi connectivity index (χ2v) is 5.72. The van der Waals surface area contributed by atoms with E-state index in [-0.39, 0.29) is 6.10 Å². The molecule has 0 fully saturated rings. The summed E-state index contributed by atoms with van der Waals surface area (Å²) in [5.74, 6) is 1.89. The molecule has 20 heavy (non-hydrogen) atoms. The lowest BCUT2D eigenvalue weighted by Gasteiger charge is -2.15. The van der Waals surface area contributed by atoms with Crippen LogP contribution in [0.15, 0.2) is 33.4 Å². The van der Waals surface area contributed by atoms with Crippen molar-refractivity contribution in [3.8, 4) is 11.5 Å². The standard InChI is InChI=1S/C15H15BrO4/c1-8-5-9-6-13(18-2)10(7-12(9)20-8)14(17)15-11(16)3-4-19-15/h3-4,6-8,14,17H,5H2,1-2H3. The quantitative estimate of drug-likeness (QED) is 0.931. The number of halogens is 1. The predicted molar refractivity (Wildman–Crippen MR) is 77.3 cm³/mol. The van der Waals surface area contributed by atoms with Crippen molar-refractivity contribution in [1.29, 1.82) is 0 Å². The van der Waals surface area contributed by atoms with Crippen LogP contribution >= 0.6 is 15.9 Å². The average Bonchev–Trinajstić information content (AvgIpc) is 3.00. The Labute approximate surface area is 125 Å². The highest BCUT2D eigenvalue weighted by atomic mass is 79.9. The molecule has 0 saturated carbocycles. The fourth-order valence-corrected chi connectivity index (χ4v) is 2.91. The highest BCUT2D eigenvalue weighted by Gasteiger charge is 2.26. The molecule has 0 radical (unpaired) electrons. The van der Waals surface area contributed by atoms with Crippen LogP contribution in [-0.2, 0) is 6.42 Å². The third-order valence-electron chi connectivity index (χ3n) is 3.44. The molecule has 2 atom stereocenters. The largest absolute Gasteiger partial charge is 0.496 e. The number of rotatable bonds is 3. The van der Waals surface area contributed by atoms with Gasteiger partial charge < -0.3 is 19.0 Å². The van der Waals surface area contributed by atoms with E-state index in [2.05, 4.69) is 15.9 Å². The van der Waals surface area contributed by atoms with Gasteiger partial charge in [0.15, 0.2) is 5.76 Å². The van der Waals surface area contributed by atoms with Gasteiger partial charge in [0, 0.05) is 17.5 Å². The maximum Gasteiger partial charge on any atom is 0.151 e. The molecule has 2 unspecified atom stereocenters. The summed E-state index contributed by atoms with van der Waals surface area (Å²) in [6, 6.07) is 5.50. The molecule has 5 heteroatoms. The molecule has 0 aliphatic carbocycles. The van der Waals surface area contributed by atoms with Gasteiger partial charge in [-0.15, -0.1) is 0 Å². The summed E-state index contributed by atoms with van der Waals surface area (Å²) >= 11 is 3.36. The molecule has 1 aromatic heterocycles. The summed E-state index contributed by atoms with van der Waals surface area (Å²) in [4.78, 5) is 0. The van der Waals surface area contributed by atoms with Gasteiger partial charge in [0.2, 0.25) is 0 Å². The third kappa shape index (κ3) is 2.21. The van der Waals surface area contributed by atoms with Crippen LogP contribution in [0.1, 0.15) is 29.9 Å². The first kappa shape index (κ1) is 13.5. The summed E-state index contributed by atoms with van der Waals surface area (Å²) in [5.41, 5.74) is 1.74. The van der Waals surface area contributed by atoms with Gasteiger partial charge >= 0.3 is 0 Å². The first-order valence-corrected chi connectivity index (χ1v) is 7.18. The molecular formula is C15H15BrO4. The summed E-state index contributed by atoms with van der Waals surface area (Å²) in [6.07, 6.45) is 1.63. The van der Waals surface area contributed by atoms with Gasteiger partial charge in [0.05, 0.1) is 17.8 Å². The van der Waals surface area contributed by atoms with Gasteiger partial charge in [-0.25, -0.2) is 0 Å². The van der Waals surface area contributed by atoms with E-state index in [0.717, 1.165) is 22.2 Å². The molecule has 1 N–H and O–H groups in total. The number of aliphatic hydroxyl groups excluding tert-OH is 1. The molecule has 1 aliphatic rings. The molecule has 0 bridgehead atoms. The van der Waals surface area contributed by atoms with Crippen molar-refractivity contribution in [2.75, 3.05) is 7.11 Å². The van der Waals surface area contributed by atoms with Crippen LogP contribution in [0.25, 0.3) is 0 Å². The Hall–Kier alpha value is -1.46. The van der Waals surface area contributed by atoms with Crippen molar-refractivity contribution in [2.45, 2.75) is 25.6 Å². The van der Waals surface area contributed by atoms with E-state index < -0.39 is 6.10 Å². The highest BCUT2D eigenvalue weighted by molar-refractivity contribution is 9.10.